The van der Waals surface area contributed by atoms with Crippen LogP contribution in [0.4, 0.5) is 11.6 Å². The number of rotatable bonds is 4. The summed E-state index contributed by atoms with van der Waals surface area (Å²) in [7, 11) is -3.70. The summed E-state index contributed by atoms with van der Waals surface area (Å²) in [6, 6.07) is 21.2. The highest BCUT2D eigenvalue weighted by atomic mass is 32.2. The summed E-state index contributed by atoms with van der Waals surface area (Å²) in [6.45, 7) is 0. The van der Waals surface area contributed by atoms with Crippen molar-refractivity contribution in [3.63, 3.8) is 0 Å². The van der Waals surface area contributed by atoms with Crippen LogP contribution in [0.1, 0.15) is 0 Å². The molecule has 5 nitrogen and oxygen atoms in total. The van der Waals surface area contributed by atoms with Crippen LogP contribution in [-0.4, -0.2) is 13.4 Å². The zero-order chi connectivity index (χ0) is 16.3. The molecule has 0 amide bonds. The van der Waals surface area contributed by atoms with Crippen molar-refractivity contribution in [1.82, 2.24) is 4.98 Å². The van der Waals surface area contributed by atoms with Gasteiger partial charge in [0, 0.05) is 0 Å². The van der Waals surface area contributed by atoms with E-state index in [2.05, 4.69) is 9.71 Å². The Labute approximate surface area is 134 Å². The summed E-state index contributed by atoms with van der Waals surface area (Å²) < 4.78 is 27.2. The largest absolute Gasteiger partial charge is 0.384 e. The van der Waals surface area contributed by atoms with Crippen LogP contribution in [-0.2, 0) is 10.0 Å². The number of nitrogens with one attached hydrogen (secondary N) is 1. The Kier molecular flexibility index (Phi) is 3.99. The molecule has 0 saturated carbocycles. The molecule has 0 bridgehead atoms. The Morgan fingerprint density at radius 3 is 2.09 bits per heavy atom. The molecule has 0 aliphatic heterocycles. The minimum Gasteiger partial charge on any atom is -0.384 e. The number of nitrogens with two attached hydrogens (primary N) is 1. The summed E-state index contributed by atoms with van der Waals surface area (Å²) in [5.74, 6) is 0.446. The van der Waals surface area contributed by atoms with Gasteiger partial charge in [-0.3, -0.25) is 4.72 Å². The van der Waals surface area contributed by atoms with E-state index >= 15 is 0 Å². The molecule has 1 heterocycles. The van der Waals surface area contributed by atoms with Gasteiger partial charge in [0.15, 0.2) is 0 Å². The van der Waals surface area contributed by atoms with Gasteiger partial charge in [0.25, 0.3) is 10.0 Å². The lowest BCUT2D eigenvalue weighted by Crippen LogP contribution is -2.14. The van der Waals surface area contributed by atoms with E-state index in [-0.39, 0.29) is 16.5 Å². The summed E-state index contributed by atoms with van der Waals surface area (Å²) in [5.41, 5.74) is 7.53. The van der Waals surface area contributed by atoms with E-state index in [1.807, 2.05) is 30.3 Å². The van der Waals surface area contributed by atoms with Crippen LogP contribution < -0.4 is 10.5 Å². The van der Waals surface area contributed by atoms with E-state index in [0.717, 1.165) is 11.1 Å². The van der Waals surface area contributed by atoms with Crippen LogP contribution in [0.3, 0.4) is 0 Å². The monoisotopic (exact) mass is 325 g/mol. The molecule has 116 valence electrons. The zero-order valence-corrected chi connectivity index (χ0v) is 13.0. The minimum absolute atomic E-state index is 0.168. The SMILES string of the molecule is Nc1cccc(NS(=O)(=O)c2ccc(-c3ccccc3)cc2)n1. The van der Waals surface area contributed by atoms with Gasteiger partial charge in [0.2, 0.25) is 0 Å². The number of hydrogen-bond acceptors (Lipinski definition) is 4. The van der Waals surface area contributed by atoms with Crippen molar-refractivity contribution in [1.29, 1.82) is 0 Å². The van der Waals surface area contributed by atoms with E-state index in [4.69, 9.17) is 5.73 Å². The first-order chi connectivity index (χ1) is 11.0. The lowest BCUT2D eigenvalue weighted by atomic mass is 10.1. The molecule has 1 aromatic heterocycles. The molecule has 0 atom stereocenters. The number of anilines is 2. The van der Waals surface area contributed by atoms with Crippen molar-refractivity contribution >= 4 is 21.7 Å². The fraction of sp³-hybridized carbons (Fsp3) is 0. The maximum atomic E-state index is 12.4. The zero-order valence-electron chi connectivity index (χ0n) is 12.2. The van der Waals surface area contributed by atoms with Gasteiger partial charge in [-0.2, -0.15) is 0 Å². The Morgan fingerprint density at radius 1 is 0.783 bits per heavy atom. The number of sulfonamides is 1. The van der Waals surface area contributed by atoms with Gasteiger partial charge in [-0.1, -0.05) is 48.5 Å². The van der Waals surface area contributed by atoms with Gasteiger partial charge in [0.1, 0.15) is 11.6 Å². The molecule has 3 aromatic rings. The topological polar surface area (TPSA) is 85.1 Å². The number of nitrogens with zero attached hydrogens (tertiary/aromatic N) is 1. The van der Waals surface area contributed by atoms with Crippen molar-refractivity contribution < 1.29 is 8.42 Å². The molecule has 3 rings (SSSR count). The number of benzene rings is 2. The summed E-state index contributed by atoms with van der Waals surface area (Å²) >= 11 is 0. The van der Waals surface area contributed by atoms with Crippen molar-refractivity contribution in [2.75, 3.05) is 10.5 Å². The van der Waals surface area contributed by atoms with Gasteiger partial charge in [-0.15, -0.1) is 0 Å². The highest BCUT2D eigenvalue weighted by molar-refractivity contribution is 7.92. The Balaban J connectivity index is 1.86. The first-order valence-corrected chi connectivity index (χ1v) is 8.44. The molecule has 0 aliphatic carbocycles. The van der Waals surface area contributed by atoms with Crippen LogP contribution in [0.2, 0.25) is 0 Å². The van der Waals surface area contributed by atoms with Crippen molar-refractivity contribution in [2.45, 2.75) is 4.90 Å². The molecular formula is C17H15N3O2S. The Bertz CT molecular complexity index is 908. The molecule has 6 heteroatoms. The van der Waals surface area contributed by atoms with Crippen molar-refractivity contribution in [3.8, 4) is 11.1 Å². The number of nitrogen functional groups attached to an aromatic ring is 1. The molecule has 0 fully saturated rings. The van der Waals surface area contributed by atoms with Gasteiger partial charge in [-0.05, 0) is 35.4 Å². The van der Waals surface area contributed by atoms with E-state index in [0.29, 0.717) is 0 Å². The van der Waals surface area contributed by atoms with Gasteiger partial charge in [-0.25, -0.2) is 13.4 Å². The molecule has 0 radical (unpaired) electrons. The molecule has 0 spiro atoms. The third-order valence-electron chi connectivity index (χ3n) is 3.28. The summed E-state index contributed by atoms with van der Waals surface area (Å²) in [4.78, 5) is 4.10. The van der Waals surface area contributed by atoms with Crippen molar-refractivity contribution in [3.05, 3.63) is 72.8 Å². The molecular weight excluding hydrogens is 310 g/mol. The maximum absolute atomic E-state index is 12.4. The van der Waals surface area contributed by atoms with E-state index in [1.165, 1.54) is 0 Å². The first kappa shape index (κ1) is 15.1. The van der Waals surface area contributed by atoms with Gasteiger partial charge < -0.3 is 5.73 Å². The maximum Gasteiger partial charge on any atom is 0.263 e. The lowest BCUT2D eigenvalue weighted by Gasteiger charge is -2.08. The van der Waals surface area contributed by atoms with Crippen LogP contribution >= 0.6 is 0 Å². The molecule has 0 unspecified atom stereocenters. The average Bonchev–Trinajstić information content (AvgIpc) is 2.55. The van der Waals surface area contributed by atoms with E-state index in [1.54, 1.807) is 42.5 Å². The fourth-order valence-corrected chi connectivity index (χ4v) is 3.16. The highest BCUT2D eigenvalue weighted by Crippen LogP contribution is 2.22. The predicted octanol–water partition coefficient (Wildman–Crippen LogP) is 3.13. The van der Waals surface area contributed by atoms with E-state index in [9.17, 15) is 8.42 Å². The second-order valence-electron chi connectivity index (χ2n) is 4.94. The lowest BCUT2D eigenvalue weighted by molar-refractivity contribution is 0.601. The normalized spacial score (nSPS) is 11.1. The molecule has 23 heavy (non-hydrogen) atoms. The number of hydrogen-bond donors (Lipinski definition) is 2. The van der Waals surface area contributed by atoms with Crippen molar-refractivity contribution in [2.24, 2.45) is 0 Å². The van der Waals surface area contributed by atoms with Crippen LogP contribution in [0.25, 0.3) is 11.1 Å². The molecule has 2 aromatic carbocycles. The molecule has 0 saturated heterocycles. The second kappa shape index (κ2) is 6.10. The minimum atomic E-state index is -3.70. The molecule has 3 N–H and O–H groups in total. The highest BCUT2D eigenvalue weighted by Gasteiger charge is 2.15. The van der Waals surface area contributed by atoms with Gasteiger partial charge in [0.05, 0.1) is 4.90 Å². The quantitative estimate of drug-likeness (QED) is 0.772. The third kappa shape index (κ3) is 3.49. The Hall–Kier alpha value is -2.86. The third-order valence-corrected chi connectivity index (χ3v) is 4.65. The standard InChI is InChI=1S/C17H15N3O2S/c18-16-7-4-8-17(19-16)20-23(21,22)15-11-9-14(10-12-15)13-5-2-1-3-6-13/h1-12H,(H3,18,19,20). The number of pyridine rings is 1. The number of aromatic nitrogens is 1. The van der Waals surface area contributed by atoms with Gasteiger partial charge >= 0.3 is 0 Å². The summed E-state index contributed by atoms with van der Waals surface area (Å²) in [6.07, 6.45) is 0. The molecule has 0 aliphatic rings. The fourth-order valence-electron chi connectivity index (χ4n) is 2.16. The second-order valence-corrected chi connectivity index (χ2v) is 6.63. The predicted molar refractivity (Wildman–Crippen MR) is 91.3 cm³/mol. The van der Waals surface area contributed by atoms with Crippen LogP contribution in [0.5, 0.6) is 0 Å². The van der Waals surface area contributed by atoms with Crippen LogP contribution in [0, 0.1) is 0 Å². The Morgan fingerprint density at radius 2 is 1.43 bits per heavy atom. The summed E-state index contributed by atoms with van der Waals surface area (Å²) in [5, 5.41) is 0. The average molecular weight is 325 g/mol. The first-order valence-electron chi connectivity index (χ1n) is 6.95. The van der Waals surface area contributed by atoms with Crippen LogP contribution in [0.15, 0.2) is 77.7 Å². The van der Waals surface area contributed by atoms with E-state index < -0.39 is 10.0 Å². The smallest absolute Gasteiger partial charge is 0.263 e.